The van der Waals surface area contributed by atoms with Crippen molar-refractivity contribution in [2.24, 2.45) is 0 Å². The molecule has 0 saturated heterocycles. The molecule has 2 amide bonds. The van der Waals surface area contributed by atoms with Crippen molar-refractivity contribution < 1.29 is 32.5 Å². The molecule has 9 nitrogen and oxygen atoms in total. The van der Waals surface area contributed by atoms with E-state index >= 15 is 0 Å². The summed E-state index contributed by atoms with van der Waals surface area (Å²) in [5.41, 5.74) is 0.343. The number of fused-ring (bicyclic) bond motifs is 1. The third kappa shape index (κ3) is 2.91. The molecule has 0 aliphatic carbocycles. The number of anilines is 1. The van der Waals surface area contributed by atoms with E-state index in [0.717, 1.165) is 5.06 Å². The molecule has 1 aromatic carbocycles. The van der Waals surface area contributed by atoms with Crippen LogP contribution >= 0.6 is 0 Å². The van der Waals surface area contributed by atoms with Gasteiger partial charge in [0.05, 0.1) is 16.8 Å². The predicted octanol–water partition coefficient (Wildman–Crippen LogP) is -0.128. The highest BCUT2D eigenvalue weighted by Crippen LogP contribution is 2.27. The number of carbonyl (C=O) groups excluding carboxylic acids is 2. The van der Waals surface area contributed by atoms with E-state index < -0.39 is 35.7 Å². The molecule has 0 radical (unpaired) electrons. The van der Waals surface area contributed by atoms with E-state index in [1.54, 1.807) is 0 Å². The largest absolute Gasteiger partial charge is 0.480 e. The van der Waals surface area contributed by atoms with Gasteiger partial charge in [0.25, 0.3) is 11.8 Å². The van der Waals surface area contributed by atoms with Gasteiger partial charge in [-0.25, -0.2) is 5.06 Å². The summed E-state index contributed by atoms with van der Waals surface area (Å²) >= 11 is -2.54. The van der Waals surface area contributed by atoms with Gasteiger partial charge in [0.1, 0.15) is 6.54 Å². The van der Waals surface area contributed by atoms with Gasteiger partial charge < -0.3 is 5.11 Å². The fraction of sp³-hybridized carbons (Fsp3) is 0.182. The number of carboxylic acid groups (broad SMARTS) is 1. The van der Waals surface area contributed by atoms with E-state index in [4.69, 9.17) is 9.66 Å². The zero-order chi connectivity index (χ0) is 15.7. The van der Waals surface area contributed by atoms with Gasteiger partial charge in [0.15, 0.2) is 0 Å². The number of carbonyl (C=O) groups is 3. The fourth-order valence-electron chi connectivity index (χ4n) is 1.89. The first-order valence-corrected chi connectivity index (χ1v) is 6.59. The average Bonchev–Trinajstić information content (AvgIpc) is 2.62. The van der Waals surface area contributed by atoms with E-state index in [9.17, 15) is 18.6 Å². The standard InChI is InChI=1S/C11H10N2O7S/c1-12(20-21(18)19)6-2-3-7-8(4-6)11(17)13(10(7)16)5-9(14)15/h2-4H,5H2,1H3,(H,14,15)(H,18,19). The summed E-state index contributed by atoms with van der Waals surface area (Å²) in [4.78, 5) is 35.2. The van der Waals surface area contributed by atoms with Crippen LogP contribution in [-0.4, -0.2) is 50.1 Å². The Labute approximate surface area is 121 Å². The second-order valence-electron chi connectivity index (χ2n) is 4.11. The van der Waals surface area contributed by atoms with Crippen molar-refractivity contribution in [2.45, 2.75) is 0 Å². The lowest BCUT2D eigenvalue weighted by atomic mass is 10.1. The van der Waals surface area contributed by atoms with Gasteiger partial charge in [-0.3, -0.25) is 23.8 Å². The van der Waals surface area contributed by atoms with Crippen molar-refractivity contribution in [1.82, 2.24) is 4.90 Å². The molecule has 1 aliphatic heterocycles. The average molecular weight is 314 g/mol. The lowest BCUT2D eigenvalue weighted by Gasteiger charge is -2.15. The Hall–Kier alpha value is -2.30. The zero-order valence-electron chi connectivity index (χ0n) is 10.7. The smallest absolute Gasteiger partial charge is 0.325 e. The Balaban J connectivity index is 2.33. The SMILES string of the molecule is CN(OS(=O)O)c1ccc2c(c1)C(=O)N(CC(=O)O)C2=O. The molecule has 0 spiro atoms. The molecule has 0 aromatic heterocycles. The van der Waals surface area contributed by atoms with Gasteiger partial charge >= 0.3 is 17.3 Å². The van der Waals surface area contributed by atoms with Crippen LogP contribution in [0, 0.1) is 0 Å². The molecule has 0 saturated carbocycles. The highest BCUT2D eigenvalue weighted by atomic mass is 32.2. The molecular weight excluding hydrogens is 304 g/mol. The second kappa shape index (κ2) is 5.60. The molecule has 1 aliphatic rings. The van der Waals surface area contributed by atoms with Crippen LogP contribution in [0.4, 0.5) is 5.69 Å². The Bertz CT molecular complexity index is 660. The van der Waals surface area contributed by atoms with Crippen LogP contribution < -0.4 is 5.06 Å². The van der Waals surface area contributed by atoms with Crippen LogP contribution in [0.15, 0.2) is 18.2 Å². The Morgan fingerprint density at radius 3 is 2.52 bits per heavy atom. The minimum absolute atomic E-state index is 0.0120. The third-order valence-corrected chi connectivity index (χ3v) is 3.14. The molecule has 1 aromatic rings. The predicted molar refractivity (Wildman–Crippen MR) is 69.7 cm³/mol. The van der Waals surface area contributed by atoms with Crippen LogP contribution in [0.1, 0.15) is 20.7 Å². The van der Waals surface area contributed by atoms with Crippen molar-refractivity contribution in [2.75, 3.05) is 18.7 Å². The maximum absolute atomic E-state index is 12.0. The van der Waals surface area contributed by atoms with Crippen LogP contribution in [0.25, 0.3) is 0 Å². The number of nitrogens with zero attached hydrogens (tertiary/aromatic N) is 2. The number of hydrogen-bond acceptors (Lipinski definition) is 6. The van der Waals surface area contributed by atoms with Gasteiger partial charge in [-0.2, -0.15) is 4.21 Å². The maximum Gasteiger partial charge on any atom is 0.325 e. The Morgan fingerprint density at radius 1 is 1.33 bits per heavy atom. The topological polar surface area (TPSA) is 124 Å². The number of benzene rings is 1. The molecular formula is C11H10N2O7S. The minimum Gasteiger partial charge on any atom is -0.480 e. The summed E-state index contributed by atoms with van der Waals surface area (Å²) in [7, 11) is 1.34. The quantitative estimate of drug-likeness (QED) is 0.437. The highest BCUT2D eigenvalue weighted by Gasteiger charge is 2.37. The molecule has 2 N–H and O–H groups in total. The van der Waals surface area contributed by atoms with Crippen LogP contribution in [0.2, 0.25) is 0 Å². The van der Waals surface area contributed by atoms with E-state index in [1.807, 2.05) is 0 Å². The van der Waals surface area contributed by atoms with Crippen LogP contribution in [0.5, 0.6) is 0 Å². The maximum atomic E-state index is 12.0. The lowest BCUT2D eigenvalue weighted by Crippen LogP contribution is -2.34. The van der Waals surface area contributed by atoms with Crippen molar-refractivity contribution in [3.63, 3.8) is 0 Å². The molecule has 1 atom stereocenters. The van der Waals surface area contributed by atoms with E-state index in [1.165, 1.54) is 25.2 Å². The summed E-state index contributed by atoms with van der Waals surface area (Å²) in [6.07, 6.45) is 0. The number of aliphatic carboxylic acids is 1. The number of amides is 2. The lowest BCUT2D eigenvalue weighted by molar-refractivity contribution is -0.137. The Morgan fingerprint density at radius 2 is 1.95 bits per heavy atom. The van der Waals surface area contributed by atoms with Crippen LogP contribution in [0.3, 0.4) is 0 Å². The molecule has 10 heteroatoms. The van der Waals surface area contributed by atoms with Crippen LogP contribution in [-0.2, 0) is 20.4 Å². The number of hydrogen-bond donors (Lipinski definition) is 2. The molecule has 21 heavy (non-hydrogen) atoms. The van der Waals surface area contributed by atoms with Gasteiger partial charge in [0, 0.05) is 7.05 Å². The summed E-state index contributed by atoms with van der Waals surface area (Å²) in [6, 6.07) is 4.01. The van der Waals surface area contributed by atoms with E-state index in [0.29, 0.717) is 4.90 Å². The minimum atomic E-state index is -2.54. The second-order valence-corrected chi connectivity index (χ2v) is 4.69. The fourth-order valence-corrected chi connectivity index (χ4v) is 2.17. The summed E-state index contributed by atoms with van der Waals surface area (Å²) in [6.45, 7) is -0.728. The highest BCUT2D eigenvalue weighted by molar-refractivity contribution is 7.74. The van der Waals surface area contributed by atoms with Crippen molar-refractivity contribution >= 4 is 34.8 Å². The normalized spacial score (nSPS) is 15.0. The van der Waals surface area contributed by atoms with Gasteiger partial charge in [-0.15, -0.1) is 4.28 Å². The first-order chi connectivity index (χ1) is 9.81. The third-order valence-electron chi connectivity index (χ3n) is 2.79. The molecule has 0 fully saturated rings. The Kier molecular flexibility index (Phi) is 4.02. The number of hydroxylamine groups is 1. The molecule has 1 unspecified atom stereocenters. The van der Waals surface area contributed by atoms with Crippen molar-refractivity contribution in [1.29, 1.82) is 0 Å². The summed E-state index contributed by atoms with van der Waals surface area (Å²) in [5.74, 6) is -2.74. The van der Waals surface area contributed by atoms with Gasteiger partial charge in [-0.05, 0) is 18.2 Å². The molecule has 1 heterocycles. The van der Waals surface area contributed by atoms with Gasteiger partial charge in [-0.1, -0.05) is 0 Å². The van der Waals surface area contributed by atoms with Crippen molar-refractivity contribution in [3.05, 3.63) is 29.3 Å². The van der Waals surface area contributed by atoms with E-state index in [-0.39, 0.29) is 16.8 Å². The number of imide groups is 1. The van der Waals surface area contributed by atoms with Gasteiger partial charge in [0.2, 0.25) is 0 Å². The molecule has 112 valence electrons. The monoisotopic (exact) mass is 314 g/mol. The first kappa shape index (κ1) is 15.1. The number of carboxylic acids is 1. The van der Waals surface area contributed by atoms with Crippen molar-refractivity contribution in [3.8, 4) is 0 Å². The zero-order valence-corrected chi connectivity index (χ0v) is 11.5. The molecule has 0 bridgehead atoms. The number of rotatable bonds is 5. The summed E-state index contributed by atoms with van der Waals surface area (Å²) in [5, 5.41) is 9.65. The van der Waals surface area contributed by atoms with E-state index in [2.05, 4.69) is 4.28 Å². The first-order valence-electron chi connectivity index (χ1n) is 5.56. The molecule has 2 rings (SSSR count). The summed E-state index contributed by atoms with van der Waals surface area (Å²) < 4.78 is 23.7.